The van der Waals surface area contributed by atoms with E-state index in [0.29, 0.717) is 30.5 Å². The van der Waals surface area contributed by atoms with E-state index in [0.717, 1.165) is 0 Å². The van der Waals surface area contributed by atoms with E-state index in [1.165, 1.54) is 18.2 Å². The summed E-state index contributed by atoms with van der Waals surface area (Å²) in [7, 11) is -3.77. The maximum atomic E-state index is 11.3. The van der Waals surface area contributed by atoms with Gasteiger partial charge < -0.3 is 4.74 Å². The summed E-state index contributed by atoms with van der Waals surface area (Å²) in [5.74, 6) is 0.719. The monoisotopic (exact) mass is 473 g/mol. The zero-order valence-corrected chi connectivity index (χ0v) is 15.6. The number of sulfonamides is 1. The van der Waals surface area contributed by atoms with Gasteiger partial charge in [0.05, 0.1) is 19.4 Å². The van der Waals surface area contributed by atoms with Gasteiger partial charge in [-0.3, -0.25) is 0 Å². The average Bonchev–Trinajstić information content (AvgIpc) is 2.36. The second-order valence-electron chi connectivity index (χ2n) is 3.94. The van der Waals surface area contributed by atoms with Crippen molar-refractivity contribution in [1.82, 2.24) is 0 Å². The van der Waals surface area contributed by atoms with Crippen molar-refractivity contribution in [2.24, 2.45) is 5.14 Å². The molecule has 0 aromatic heterocycles. The number of benzene rings is 2. The predicted octanol–water partition coefficient (Wildman–Crippen LogP) is 4.96. The molecule has 0 aliphatic rings. The number of ether oxygens (including phenoxy) is 1. The molecule has 2 N–H and O–H groups in total. The van der Waals surface area contributed by atoms with E-state index in [1.54, 1.807) is 12.1 Å². The minimum absolute atomic E-state index is 0.0262. The van der Waals surface area contributed by atoms with Gasteiger partial charge in [0.15, 0.2) is 0 Å². The van der Waals surface area contributed by atoms with Gasteiger partial charge >= 0.3 is 0 Å². The minimum Gasteiger partial charge on any atom is -0.455 e. The average molecular weight is 476 g/mol. The summed E-state index contributed by atoms with van der Waals surface area (Å²) >= 11 is 18.5. The summed E-state index contributed by atoms with van der Waals surface area (Å²) in [6.07, 6.45) is 0. The first-order valence-electron chi connectivity index (χ1n) is 5.33. The Bertz CT molecular complexity index is 812. The van der Waals surface area contributed by atoms with Crippen molar-refractivity contribution in [3.8, 4) is 11.5 Å². The van der Waals surface area contributed by atoms with Crippen LogP contribution in [0.1, 0.15) is 0 Å². The maximum Gasteiger partial charge on any atom is 0.238 e. The number of hydrogen-bond donors (Lipinski definition) is 1. The molecule has 0 unspecified atom stereocenters. The summed E-state index contributed by atoms with van der Waals surface area (Å²) < 4.78 is 29.2. The van der Waals surface area contributed by atoms with E-state index < -0.39 is 10.0 Å². The van der Waals surface area contributed by atoms with Gasteiger partial charge in [-0.15, -0.1) is 0 Å². The maximum absolute atomic E-state index is 11.3. The molecule has 0 amide bonds. The van der Waals surface area contributed by atoms with Gasteiger partial charge in [0.25, 0.3) is 0 Å². The van der Waals surface area contributed by atoms with Crippen LogP contribution in [0, 0.1) is 0 Å². The first-order valence-corrected chi connectivity index (χ1v) is 9.22. The molecule has 4 nitrogen and oxygen atoms in total. The highest BCUT2D eigenvalue weighted by atomic mass is 79.9. The van der Waals surface area contributed by atoms with Crippen molar-refractivity contribution < 1.29 is 13.2 Å². The van der Waals surface area contributed by atoms with Crippen molar-refractivity contribution in [2.45, 2.75) is 4.90 Å². The molecule has 2 rings (SSSR count). The van der Waals surface area contributed by atoms with E-state index in [4.69, 9.17) is 33.1 Å². The van der Waals surface area contributed by atoms with Crippen LogP contribution in [-0.4, -0.2) is 8.42 Å². The predicted molar refractivity (Wildman–Crippen MR) is 89.8 cm³/mol. The molecular weight excluding hydrogens is 469 g/mol. The fourth-order valence-corrected chi connectivity index (χ4v) is 3.42. The van der Waals surface area contributed by atoms with E-state index in [9.17, 15) is 8.42 Å². The molecule has 0 atom stereocenters. The summed E-state index contributed by atoms with van der Waals surface area (Å²) in [4.78, 5) is -0.0262. The highest BCUT2D eigenvalue weighted by Crippen LogP contribution is 2.38. The SMILES string of the molecule is NS(=O)(=O)c1ccc(Oc2cc(Cl)c(Br)cc2Cl)c(Br)c1. The lowest BCUT2D eigenvalue weighted by Gasteiger charge is -2.11. The Morgan fingerprint density at radius 2 is 1.62 bits per heavy atom. The van der Waals surface area contributed by atoms with E-state index >= 15 is 0 Å². The van der Waals surface area contributed by atoms with Crippen LogP contribution in [0.4, 0.5) is 0 Å². The third kappa shape index (κ3) is 4.12. The van der Waals surface area contributed by atoms with Crippen LogP contribution in [0.5, 0.6) is 11.5 Å². The summed E-state index contributed by atoms with van der Waals surface area (Å²) in [5, 5.41) is 5.85. The van der Waals surface area contributed by atoms with Gasteiger partial charge in [-0.1, -0.05) is 23.2 Å². The van der Waals surface area contributed by atoms with Crippen molar-refractivity contribution >= 4 is 65.1 Å². The van der Waals surface area contributed by atoms with Gasteiger partial charge in [0.2, 0.25) is 10.0 Å². The molecule has 2 aromatic carbocycles. The van der Waals surface area contributed by atoms with Crippen LogP contribution >= 0.6 is 55.1 Å². The Morgan fingerprint density at radius 1 is 0.952 bits per heavy atom. The van der Waals surface area contributed by atoms with Gasteiger partial charge in [-0.25, -0.2) is 13.6 Å². The van der Waals surface area contributed by atoms with Gasteiger partial charge in [0.1, 0.15) is 11.5 Å². The van der Waals surface area contributed by atoms with E-state index in [-0.39, 0.29) is 4.90 Å². The number of rotatable bonds is 3. The Hall–Kier alpha value is -0.310. The second kappa shape index (κ2) is 6.44. The van der Waals surface area contributed by atoms with Gasteiger partial charge in [-0.2, -0.15) is 0 Å². The molecule has 0 radical (unpaired) electrons. The Morgan fingerprint density at radius 3 is 2.19 bits per heavy atom. The standard InChI is InChI=1S/C12H7Br2Cl2NO3S/c13-7-4-10(16)12(5-9(7)15)20-11-2-1-6(3-8(11)14)21(17,18)19/h1-5H,(H2,17,18,19). The van der Waals surface area contributed by atoms with E-state index in [1.807, 2.05) is 0 Å². The van der Waals surface area contributed by atoms with Crippen LogP contribution in [0.3, 0.4) is 0 Å². The van der Waals surface area contributed by atoms with Crippen LogP contribution in [0.15, 0.2) is 44.2 Å². The molecule has 0 saturated carbocycles. The number of halogens is 4. The second-order valence-corrected chi connectivity index (χ2v) is 8.02. The zero-order chi connectivity index (χ0) is 15.8. The third-order valence-electron chi connectivity index (χ3n) is 2.43. The molecule has 9 heteroatoms. The lowest BCUT2D eigenvalue weighted by molar-refractivity contribution is 0.479. The molecule has 0 fully saturated rings. The van der Waals surface area contributed by atoms with Crippen molar-refractivity contribution in [3.63, 3.8) is 0 Å². The smallest absolute Gasteiger partial charge is 0.238 e. The Balaban J connectivity index is 2.39. The molecule has 112 valence electrons. The highest BCUT2D eigenvalue weighted by molar-refractivity contribution is 9.10. The van der Waals surface area contributed by atoms with Crippen molar-refractivity contribution in [2.75, 3.05) is 0 Å². The number of nitrogens with two attached hydrogens (primary N) is 1. The number of hydrogen-bond acceptors (Lipinski definition) is 3. The first-order chi connectivity index (χ1) is 9.68. The van der Waals surface area contributed by atoms with Gasteiger partial charge in [-0.05, 0) is 56.1 Å². The van der Waals surface area contributed by atoms with Crippen LogP contribution in [0.25, 0.3) is 0 Å². The van der Waals surface area contributed by atoms with Crippen molar-refractivity contribution in [1.29, 1.82) is 0 Å². The molecular formula is C12H7Br2Cl2NO3S. The van der Waals surface area contributed by atoms with Crippen LogP contribution in [-0.2, 0) is 10.0 Å². The molecule has 0 spiro atoms. The topological polar surface area (TPSA) is 69.4 Å². The Labute approximate surface area is 148 Å². The fraction of sp³-hybridized carbons (Fsp3) is 0. The lowest BCUT2D eigenvalue weighted by atomic mass is 10.3. The Kier molecular flexibility index (Phi) is 5.23. The summed E-state index contributed by atoms with van der Waals surface area (Å²) in [6, 6.07) is 7.30. The molecule has 0 heterocycles. The molecule has 0 saturated heterocycles. The molecule has 21 heavy (non-hydrogen) atoms. The molecule has 2 aromatic rings. The zero-order valence-electron chi connectivity index (χ0n) is 10.1. The largest absolute Gasteiger partial charge is 0.455 e. The summed E-state index contributed by atoms with van der Waals surface area (Å²) in [6.45, 7) is 0. The van der Waals surface area contributed by atoms with Crippen LogP contribution < -0.4 is 9.88 Å². The van der Waals surface area contributed by atoms with Crippen molar-refractivity contribution in [3.05, 3.63) is 49.3 Å². The summed E-state index contributed by atoms with van der Waals surface area (Å²) in [5.41, 5.74) is 0. The van der Waals surface area contributed by atoms with Gasteiger partial charge in [0, 0.05) is 10.5 Å². The lowest BCUT2D eigenvalue weighted by Crippen LogP contribution is -2.11. The molecule has 0 bridgehead atoms. The quantitative estimate of drug-likeness (QED) is 0.638. The third-order valence-corrected chi connectivity index (χ3v) is 5.45. The fourth-order valence-electron chi connectivity index (χ4n) is 1.44. The number of primary sulfonamides is 1. The highest BCUT2D eigenvalue weighted by Gasteiger charge is 2.13. The minimum atomic E-state index is -3.77. The normalized spacial score (nSPS) is 11.5. The molecule has 0 aliphatic heterocycles. The van der Waals surface area contributed by atoms with E-state index in [2.05, 4.69) is 31.9 Å². The van der Waals surface area contributed by atoms with Crippen LogP contribution in [0.2, 0.25) is 10.0 Å². The first kappa shape index (κ1) is 17.1. The molecule has 0 aliphatic carbocycles.